The van der Waals surface area contributed by atoms with Gasteiger partial charge in [0.15, 0.2) is 10.4 Å². The van der Waals surface area contributed by atoms with Gasteiger partial charge in [-0.2, -0.15) is 4.73 Å². The topological polar surface area (TPSA) is 63.9 Å². The normalized spacial score (nSPS) is 10.4. The van der Waals surface area contributed by atoms with Gasteiger partial charge in [0.25, 0.3) is 0 Å². The van der Waals surface area contributed by atoms with Crippen LogP contribution in [0.25, 0.3) is 0 Å². The van der Waals surface area contributed by atoms with E-state index in [-0.39, 0.29) is 13.2 Å². The summed E-state index contributed by atoms with van der Waals surface area (Å²) in [6, 6.07) is 3.61. The van der Waals surface area contributed by atoms with Crippen LogP contribution < -0.4 is 9.57 Å². The fourth-order valence-corrected chi connectivity index (χ4v) is 1.68. The molecule has 0 radical (unpaired) electrons. The largest absolute Gasteiger partial charge is 0.490 e. The number of unbranched alkanes of at least 4 members (excludes halogenated alkanes) is 2. The number of hydrogen-bond donors (Lipinski definition) is 2. The van der Waals surface area contributed by atoms with Crippen LogP contribution in [0.3, 0.4) is 0 Å². The zero-order chi connectivity index (χ0) is 13.9. The molecule has 1 rings (SSSR count). The molecule has 0 saturated carbocycles. The van der Waals surface area contributed by atoms with E-state index in [0.717, 1.165) is 19.3 Å². The summed E-state index contributed by atoms with van der Waals surface area (Å²) in [6.07, 6.45) is 4.74. The first-order valence-electron chi connectivity index (χ1n) is 6.49. The summed E-state index contributed by atoms with van der Waals surface area (Å²) in [5.74, 6) is 0.609. The molecule has 5 nitrogen and oxygen atoms in total. The monoisotopic (exact) mass is 287 g/mol. The molecule has 0 aliphatic carbocycles. The predicted molar refractivity (Wildman–Crippen MR) is 74.8 cm³/mol. The number of rotatable bonds is 10. The quantitative estimate of drug-likeness (QED) is 0.505. The lowest BCUT2D eigenvalue weighted by Gasteiger charge is -2.12. The summed E-state index contributed by atoms with van der Waals surface area (Å²) < 4.78 is 7.55. The molecule has 0 fully saturated rings. The third-order valence-corrected chi connectivity index (χ3v) is 2.85. The summed E-state index contributed by atoms with van der Waals surface area (Å²) in [5, 5.41) is 17.4. The molecule has 0 atom stereocenters. The highest BCUT2D eigenvalue weighted by Crippen LogP contribution is 2.12. The average molecular weight is 287 g/mol. The number of aliphatic hydroxyl groups excluding tert-OH is 2. The van der Waals surface area contributed by atoms with Crippen molar-refractivity contribution < 1.29 is 19.8 Å². The van der Waals surface area contributed by atoms with Gasteiger partial charge in [0, 0.05) is 19.4 Å². The summed E-state index contributed by atoms with van der Waals surface area (Å²) in [5.41, 5.74) is 0. The van der Waals surface area contributed by atoms with Crippen molar-refractivity contribution in [3.63, 3.8) is 0 Å². The van der Waals surface area contributed by atoms with E-state index in [9.17, 15) is 0 Å². The van der Waals surface area contributed by atoms with Crippen molar-refractivity contribution in [2.45, 2.75) is 25.7 Å². The highest BCUT2D eigenvalue weighted by molar-refractivity contribution is 7.71. The SMILES string of the molecule is OCCCCOc1cccn(OCCCCO)c1=S. The molecule has 6 heteroatoms. The van der Waals surface area contributed by atoms with Gasteiger partial charge >= 0.3 is 0 Å². The van der Waals surface area contributed by atoms with E-state index >= 15 is 0 Å². The van der Waals surface area contributed by atoms with Crippen molar-refractivity contribution in [2.24, 2.45) is 0 Å². The molecule has 0 aliphatic rings. The Morgan fingerprint density at radius 2 is 1.74 bits per heavy atom. The zero-order valence-corrected chi connectivity index (χ0v) is 11.8. The maximum absolute atomic E-state index is 8.68. The second-order valence-electron chi connectivity index (χ2n) is 4.05. The third-order valence-electron chi connectivity index (χ3n) is 2.47. The molecule has 0 saturated heterocycles. The molecule has 0 aromatic carbocycles. The van der Waals surface area contributed by atoms with Crippen LogP contribution in [0.2, 0.25) is 0 Å². The number of pyridine rings is 1. The van der Waals surface area contributed by atoms with Gasteiger partial charge in [-0.1, -0.05) is 12.2 Å². The fraction of sp³-hybridized carbons (Fsp3) is 0.615. The third kappa shape index (κ3) is 6.04. The van der Waals surface area contributed by atoms with Gasteiger partial charge in [0.05, 0.1) is 6.61 Å². The first-order valence-corrected chi connectivity index (χ1v) is 6.90. The van der Waals surface area contributed by atoms with Gasteiger partial charge in [0.2, 0.25) is 0 Å². The molecular formula is C13H21NO4S. The predicted octanol–water partition coefficient (Wildman–Crippen LogP) is 1.57. The van der Waals surface area contributed by atoms with Gasteiger partial charge in [0.1, 0.15) is 6.61 Å². The average Bonchev–Trinajstić information content (AvgIpc) is 2.43. The van der Waals surface area contributed by atoms with Gasteiger partial charge in [-0.25, -0.2) is 0 Å². The summed E-state index contributed by atoms with van der Waals surface area (Å²) in [6.45, 7) is 1.37. The van der Waals surface area contributed by atoms with Crippen LogP contribution in [0.1, 0.15) is 25.7 Å². The molecular weight excluding hydrogens is 266 g/mol. The Hall–Kier alpha value is -1.11. The van der Waals surface area contributed by atoms with Gasteiger partial charge in [-0.05, 0) is 37.8 Å². The Bertz CT molecular complexity index is 375. The van der Waals surface area contributed by atoms with Crippen molar-refractivity contribution in [3.05, 3.63) is 23.0 Å². The highest BCUT2D eigenvalue weighted by atomic mass is 32.1. The van der Waals surface area contributed by atoms with Crippen LogP contribution in [0.4, 0.5) is 0 Å². The van der Waals surface area contributed by atoms with E-state index in [2.05, 4.69) is 0 Å². The second-order valence-corrected chi connectivity index (χ2v) is 4.43. The first-order chi connectivity index (χ1) is 9.29. The Kier molecular flexibility index (Phi) is 8.20. The molecule has 0 amide bonds. The van der Waals surface area contributed by atoms with E-state index in [1.54, 1.807) is 12.3 Å². The highest BCUT2D eigenvalue weighted by Gasteiger charge is 2.01. The van der Waals surface area contributed by atoms with Crippen LogP contribution in [0, 0.1) is 4.64 Å². The van der Waals surface area contributed by atoms with E-state index in [0.29, 0.717) is 30.0 Å². The number of nitrogens with zero attached hydrogens (tertiary/aromatic N) is 1. The number of hydrogen-bond acceptors (Lipinski definition) is 5. The van der Waals surface area contributed by atoms with E-state index in [4.69, 9.17) is 32.0 Å². The van der Waals surface area contributed by atoms with Crippen LogP contribution in [0.15, 0.2) is 18.3 Å². The molecule has 2 N–H and O–H groups in total. The lowest BCUT2D eigenvalue weighted by Crippen LogP contribution is -2.15. The molecule has 1 aromatic heterocycles. The van der Waals surface area contributed by atoms with Crippen molar-refractivity contribution in [1.29, 1.82) is 0 Å². The van der Waals surface area contributed by atoms with Crippen molar-refractivity contribution in [3.8, 4) is 5.75 Å². The Morgan fingerprint density at radius 1 is 1.05 bits per heavy atom. The molecule has 0 aliphatic heterocycles. The Labute approximate surface area is 118 Å². The van der Waals surface area contributed by atoms with E-state index in [1.807, 2.05) is 6.07 Å². The zero-order valence-electron chi connectivity index (χ0n) is 11.0. The maximum Gasteiger partial charge on any atom is 0.184 e. The van der Waals surface area contributed by atoms with E-state index in [1.165, 1.54) is 4.73 Å². The Morgan fingerprint density at radius 3 is 2.42 bits per heavy atom. The minimum atomic E-state index is 0.169. The maximum atomic E-state index is 8.68. The van der Waals surface area contributed by atoms with Crippen LogP contribution in [-0.4, -0.2) is 41.4 Å². The lowest BCUT2D eigenvalue weighted by atomic mass is 10.3. The standard InChI is InChI=1S/C13H21NO4S/c15-8-1-3-10-17-12-6-5-7-14(13(12)19)18-11-4-2-9-16/h5-7,15-16H,1-4,8-11H2. The van der Waals surface area contributed by atoms with Crippen LogP contribution in [0.5, 0.6) is 5.75 Å². The number of aliphatic hydroxyl groups is 2. The van der Waals surface area contributed by atoms with Crippen molar-refractivity contribution in [1.82, 2.24) is 4.73 Å². The van der Waals surface area contributed by atoms with Crippen LogP contribution in [-0.2, 0) is 0 Å². The molecule has 19 heavy (non-hydrogen) atoms. The summed E-state index contributed by atoms with van der Waals surface area (Å²) in [7, 11) is 0. The molecule has 0 bridgehead atoms. The van der Waals surface area contributed by atoms with Crippen molar-refractivity contribution in [2.75, 3.05) is 26.4 Å². The lowest BCUT2D eigenvalue weighted by molar-refractivity contribution is 0.0963. The molecule has 0 spiro atoms. The van der Waals surface area contributed by atoms with Gasteiger partial charge in [-0.15, -0.1) is 0 Å². The number of aromatic nitrogens is 1. The smallest absolute Gasteiger partial charge is 0.184 e. The van der Waals surface area contributed by atoms with Gasteiger partial charge in [-0.3, -0.25) is 0 Å². The van der Waals surface area contributed by atoms with Gasteiger partial charge < -0.3 is 19.8 Å². The second kappa shape index (κ2) is 9.77. The summed E-state index contributed by atoms with van der Waals surface area (Å²) in [4.78, 5) is 5.49. The molecule has 1 aromatic rings. The summed E-state index contributed by atoms with van der Waals surface area (Å²) >= 11 is 5.26. The minimum absolute atomic E-state index is 0.169. The van der Waals surface area contributed by atoms with Crippen LogP contribution >= 0.6 is 12.2 Å². The first kappa shape index (κ1) is 15.9. The Balaban J connectivity index is 2.47. The number of ether oxygens (including phenoxy) is 1. The molecule has 108 valence electrons. The molecule has 1 heterocycles. The molecule has 0 unspecified atom stereocenters. The van der Waals surface area contributed by atoms with Crippen molar-refractivity contribution >= 4 is 12.2 Å². The van der Waals surface area contributed by atoms with E-state index < -0.39 is 0 Å². The minimum Gasteiger partial charge on any atom is -0.490 e. The fourth-order valence-electron chi connectivity index (χ4n) is 1.44.